The highest BCUT2D eigenvalue weighted by Crippen LogP contribution is 2.11. The average molecular weight is 379 g/mol. The van der Waals surface area contributed by atoms with Crippen molar-refractivity contribution in [1.29, 1.82) is 10.8 Å². The van der Waals surface area contributed by atoms with Gasteiger partial charge in [-0.3, -0.25) is 30.2 Å². The summed E-state index contributed by atoms with van der Waals surface area (Å²) >= 11 is 0. The molecule has 28 heavy (non-hydrogen) atoms. The minimum atomic E-state index is -0.818. The molecule has 0 unspecified atom stereocenters. The molecule has 3 aromatic heterocycles. The normalized spacial score (nSPS) is 12.0. The van der Waals surface area contributed by atoms with Gasteiger partial charge in [-0.1, -0.05) is 0 Å². The van der Waals surface area contributed by atoms with E-state index in [-0.39, 0.29) is 17.9 Å². The maximum atomic E-state index is 14.3. The predicted octanol–water partition coefficient (Wildman–Crippen LogP) is 1.34. The maximum absolute atomic E-state index is 14.3. The van der Waals surface area contributed by atoms with Crippen molar-refractivity contribution >= 4 is 28.5 Å². The number of nitrogens with zero attached hydrogens (tertiary/aromatic N) is 4. The van der Waals surface area contributed by atoms with E-state index in [0.717, 1.165) is 10.6 Å². The van der Waals surface area contributed by atoms with Crippen LogP contribution in [0.25, 0.3) is 16.5 Å². The van der Waals surface area contributed by atoms with E-state index < -0.39 is 11.3 Å². The second kappa shape index (κ2) is 7.78. The lowest BCUT2D eigenvalue weighted by atomic mass is 10.1. The van der Waals surface area contributed by atoms with E-state index in [0.29, 0.717) is 22.0 Å². The van der Waals surface area contributed by atoms with Gasteiger partial charge in [0.1, 0.15) is 5.84 Å². The molecule has 0 atom stereocenters. The van der Waals surface area contributed by atoms with E-state index in [4.69, 9.17) is 16.6 Å². The van der Waals surface area contributed by atoms with Crippen LogP contribution in [0.2, 0.25) is 0 Å². The molecular weight excluding hydrogens is 361 g/mol. The van der Waals surface area contributed by atoms with Gasteiger partial charge in [-0.2, -0.15) is 0 Å². The van der Waals surface area contributed by atoms with E-state index in [2.05, 4.69) is 9.98 Å². The molecule has 0 bridgehead atoms. The summed E-state index contributed by atoms with van der Waals surface area (Å²) in [5.74, 6) is -0.970. The number of aromatic nitrogens is 3. The topological polar surface area (TPSA) is 126 Å². The molecule has 0 aliphatic heterocycles. The number of nitrogens with one attached hydrogen (secondary N) is 2. The predicted molar refractivity (Wildman–Crippen MR) is 106 cm³/mol. The molecule has 0 saturated heterocycles. The molecule has 142 valence electrons. The first-order chi connectivity index (χ1) is 13.5. The lowest BCUT2D eigenvalue weighted by Crippen LogP contribution is -2.34. The van der Waals surface area contributed by atoms with E-state index in [1.165, 1.54) is 29.4 Å². The van der Waals surface area contributed by atoms with Gasteiger partial charge in [-0.25, -0.2) is 4.39 Å². The Morgan fingerprint density at radius 1 is 1.43 bits per heavy atom. The minimum Gasteiger partial charge on any atom is -0.404 e. The Hall–Kier alpha value is -3.88. The van der Waals surface area contributed by atoms with E-state index in [1.807, 2.05) is 0 Å². The molecule has 0 aromatic carbocycles. The first-order valence-corrected chi connectivity index (χ1v) is 8.29. The third-order valence-corrected chi connectivity index (χ3v) is 4.15. The fourth-order valence-corrected chi connectivity index (χ4v) is 2.76. The highest BCUT2D eigenvalue weighted by Gasteiger charge is 2.12. The third-order valence-electron chi connectivity index (χ3n) is 4.15. The number of hydrogen-bond acceptors (Lipinski definition) is 6. The van der Waals surface area contributed by atoms with Crippen LogP contribution < -0.4 is 16.8 Å². The number of pyridine rings is 3. The Morgan fingerprint density at radius 2 is 2.21 bits per heavy atom. The first-order valence-electron chi connectivity index (χ1n) is 8.29. The molecule has 0 spiro atoms. The van der Waals surface area contributed by atoms with Crippen LogP contribution in [0.5, 0.6) is 0 Å². The van der Waals surface area contributed by atoms with E-state index >= 15 is 0 Å². The monoisotopic (exact) mass is 379 g/mol. The van der Waals surface area contributed by atoms with Gasteiger partial charge in [0.05, 0.1) is 17.4 Å². The molecule has 0 fully saturated rings. The molecule has 9 heteroatoms. The summed E-state index contributed by atoms with van der Waals surface area (Å²) in [5.41, 5.74) is 6.11. The molecule has 0 amide bonds. The Balaban J connectivity index is 2.04. The standard InChI is InChI=1S/C19H18FN7O/c1-24-9-13(8-21)12-7-15(20)18(23)27(10-12)17(22)11-26-6-4-16-14(19(26)28)3-2-5-25-16/h2-10,22-23H,11,21H2,1H3. The molecular formula is C19H18FN7O. The fraction of sp³-hybridized carbons (Fsp3) is 0.105. The summed E-state index contributed by atoms with van der Waals surface area (Å²) in [6.07, 6.45) is 7.24. The molecule has 0 aliphatic rings. The van der Waals surface area contributed by atoms with Crippen molar-refractivity contribution in [2.75, 3.05) is 7.05 Å². The van der Waals surface area contributed by atoms with Crippen LogP contribution in [0, 0.1) is 16.6 Å². The molecule has 0 aliphatic carbocycles. The molecule has 3 heterocycles. The van der Waals surface area contributed by atoms with E-state index in [9.17, 15) is 9.18 Å². The van der Waals surface area contributed by atoms with Gasteiger partial charge < -0.3 is 10.3 Å². The van der Waals surface area contributed by atoms with Crippen molar-refractivity contribution in [3.05, 3.63) is 76.3 Å². The van der Waals surface area contributed by atoms with Crippen LogP contribution in [-0.2, 0) is 6.54 Å². The van der Waals surface area contributed by atoms with Gasteiger partial charge >= 0.3 is 0 Å². The van der Waals surface area contributed by atoms with Crippen LogP contribution in [0.1, 0.15) is 5.56 Å². The van der Waals surface area contributed by atoms with Crippen molar-refractivity contribution in [3.63, 3.8) is 0 Å². The molecule has 0 radical (unpaired) electrons. The first kappa shape index (κ1) is 18.9. The average Bonchev–Trinajstić information content (AvgIpc) is 2.70. The maximum Gasteiger partial charge on any atom is 0.260 e. The molecule has 0 saturated carbocycles. The quantitative estimate of drug-likeness (QED) is 0.468. The number of nitrogens with two attached hydrogens (primary N) is 1. The Morgan fingerprint density at radius 3 is 2.93 bits per heavy atom. The van der Waals surface area contributed by atoms with Crippen molar-refractivity contribution in [2.45, 2.75) is 6.54 Å². The Labute approximate surface area is 159 Å². The fourth-order valence-electron chi connectivity index (χ4n) is 2.76. The van der Waals surface area contributed by atoms with Crippen molar-refractivity contribution in [1.82, 2.24) is 14.1 Å². The highest BCUT2D eigenvalue weighted by atomic mass is 19.1. The lowest BCUT2D eigenvalue weighted by Gasteiger charge is -2.13. The van der Waals surface area contributed by atoms with Crippen LogP contribution in [0.3, 0.4) is 0 Å². The SMILES string of the molecule is CN=CC(=CN)c1cc(F)c(=N)n(C(=N)Cn2ccc3ncccc3c2=O)c1. The number of allylic oxidation sites excluding steroid dienone is 1. The van der Waals surface area contributed by atoms with Gasteiger partial charge in [0.25, 0.3) is 5.56 Å². The minimum absolute atomic E-state index is 0.146. The molecule has 3 aromatic rings. The van der Waals surface area contributed by atoms with Gasteiger partial charge in [0.2, 0.25) is 0 Å². The number of aliphatic imine (C=N–C) groups is 1. The van der Waals surface area contributed by atoms with Crippen LogP contribution in [-0.4, -0.2) is 33.2 Å². The second-order valence-electron chi connectivity index (χ2n) is 5.94. The summed E-state index contributed by atoms with van der Waals surface area (Å²) in [4.78, 5) is 20.6. The Bertz CT molecular complexity index is 1240. The number of halogens is 1. The van der Waals surface area contributed by atoms with Crippen LogP contribution in [0.15, 0.2) is 58.8 Å². The number of rotatable bonds is 4. The van der Waals surface area contributed by atoms with Crippen LogP contribution >= 0.6 is 0 Å². The second-order valence-corrected chi connectivity index (χ2v) is 5.94. The van der Waals surface area contributed by atoms with E-state index in [1.54, 1.807) is 31.4 Å². The summed E-state index contributed by atoms with van der Waals surface area (Å²) in [6, 6.07) is 6.13. The van der Waals surface area contributed by atoms with Crippen molar-refractivity contribution < 1.29 is 4.39 Å². The zero-order valence-corrected chi connectivity index (χ0v) is 15.1. The summed E-state index contributed by atoms with van der Waals surface area (Å²) in [7, 11) is 1.55. The zero-order valence-electron chi connectivity index (χ0n) is 15.1. The summed E-state index contributed by atoms with van der Waals surface area (Å²) < 4.78 is 16.7. The van der Waals surface area contributed by atoms with Gasteiger partial charge in [-0.05, 0) is 24.3 Å². The zero-order chi connectivity index (χ0) is 20.3. The smallest absolute Gasteiger partial charge is 0.260 e. The highest BCUT2D eigenvalue weighted by molar-refractivity contribution is 6.09. The molecule has 3 rings (SSSR count). The largest absolute Gasteiger partial charge is 0.404 e. The van der Waals surface area contributed by atoms with Gasteiger partial charge in [-0.15, -0.1) is 0 Å². The number of hydrogen-bond donors (Lipinski definition) is 3. The van der Waals surface area contributed by atoms with Crippen molar-refractivity contribution in [2.24, 2.45) is 10.7 Å². The molecule has 8 nitrogen and oxygen atoms in total. The van der Waals surface area contributed by atoms with Gasteiger partial charge in [0.15, 0.2) is 11.3 Å². The summed E-state index contributed by atoms with van der Waals surface area (Å²) in [6.45, 7) is -0.146. The lowest BCUT2D eigenvalue weighted by molar-refractivity contribution is 0.587. The third kappa shape index (κ3) is 3.50. The van der Waals surface area contributed by atoms with Gasteiger partial charge in [0, 0.05) is 49.2 Å². The number of fused-ring (bicyclic) bond motifs is 1. The van der Waals surface area contributed by atoms with Crippen LogP contribution in [0.4, 0.5) is 4.39 Å². The summed E-state index contributed by atoms with van der Waals surface area (Å²) in [5, 5.41) is 16.7. The molecule has 4 N–H and O–H groups in total. The van der Waals surface area contributed by atoms with Crippen molar-refractivity contribution in [3.8, 4) is 0 Å². The Kier molecular flexibility index (Phi) is 5.25.